The maximum absolute atomic E-state index is 12.7. The van der Waals surface area contributed by atoms with E-state index in [9.17, 15) is 9.59 Å². The second kappa shape index (κ2) is 6.19. The number of fused-ring (bicyclic) bond motifs is 1. The van der Waals surface area contributed by atoms with Crippen molar-refractivity contribution in [1.82, 2.24) is 0 Å². The van der Waals surface area contributed by atoms with E-state index in [1.54, 1.807) is 24.3 Å². The van der Waals surface area contributed by atoms with Gasteiger partial charge in [0.2, 0.25) is 0 Å². The zero-order chi connectivity index (χ0) is 20.1. The van der Waals surface area contributed by atoms with E-state index in [4.69, 9.17) is 5.11 Å². The number of aromatic carboxylic acids is 1. The molecular formula is C24H26O3. The first-order valence-electron chi connectivity index (χ1n) is 9.17. The van der Waals surface area contributed by atoms with Crippen LogP contribution in [0.1, 0.15) is 72.3 Å². The summed E-state index contributed by atoms with van der Waals surface area (Å²) in [7, 11) is 0. The van der Waals surface area contributed by atoms with Crippen LogP contribution >= 0.6 is 0 Å². The van der Waals surface area contributed by atoms with Crippen LogP contribution in [0.2, 0.25) is 0 Å². The molecule has 0 radical (unpaired) electrons. The van der Waals surface area contributed by atoms with E-state index >= 15 is 0 Å². The normalized spacial score (nSPS) is 17.3. The lowest BCUT2D eigenvalue weighted by atomic mass is 9.61. The fraction of sp³-hybridized carbons (Fsp3) is 0.333. The van der Waals surface area contributed by atoms with Crippen LogP contribution in [0.5, 0.6) is 0 Å². The Labute approximate surface area is 160 Å². The lowest BCUT2D eigenvalue weighted by Crippen LogP contribution is -2.42. The van der Waals surface area contributed by atoms with Crippen LogP contribution in [0, 0.1) is 6.92 Å². The molecule has 1 aliphatic rings. The molecule has 0 heterocycles. The molecule has 140 valence electrons. The molecule has 0 bridgehead atoms. The minimum Gasteiger partial charge on any atom is -0.478 e. The summed E-state index contributed by atoms with van der Waals surface area (Å²) in [5, 5.41) is 9.09. The Kier molecular flexibility index (Phi) is 4.38. The van der Waals surface area contributed by atoms with E-state index in [-0.39, 0.29) is 16.8 Å². The Morgan fingerprint density at radius 1 is 1.00 bits per heavy atom. The largest absolute Gasteiger partial charge is 0.478 e. The van der Waals surface area contributed by atoms with Gasteiger partial charge in [-0.1, -0.05) is 44.7 Å². The van der Waals surface area contributed by atoms with Crippen LogP contribution in [-0.2, 0) is 15.6 Å². The van der Waals surface area contributed by atoms with Gasteiger partial charge in [-0.2, -0.15) is 0 Å². The average molecular weight is 362 g/mol. The standard InChI is InChI=1S/C24H26O3/c1-14-11-20-19(23(3,4)13-21(25)24(20,5)6)12-18(14)15(2)16-7-9-17(10-8-16)22(26)27/h7-12H,2,13H2,1,3-6H3,(H,26,27). The van der Waals surface area contributed by atoms with E-state index in [1.807, 2.05) is 20.8 Å². The Balaban J connectivity index is 2.12. The molecule has 1 aliphatic carbocycles. The van der Waals surface area contributed by atoms with Crippen LogP contribution in [-0.4, -0.2) is 16.9 Å². The van der Waals surface area contributed by atoms with Gasteiger partial charge in [0, 0.05) is 11.8 Å². The fourth-order valence-electron chi connectivity index (χ4n) is 3.95. The van der Waals surface area contributed by atoms with Crippen LogP contribution < -0.4 is 0 Å². The third-order valence-corrected chi connectivity index (χ3v) is 5.87. The number of ketones is 1. The predicted molar refractivity (Wildman–Crippen MR) is 108 cm³/mol. The third kappa shape index (κ3) is 3.12. The van der Waals surface area contributed by atoms with Crippen LogP contribution in [0.15, 0.2) is 43.0 Å². The van der Waals surface area contributed by atoms with E-state index in [1.165, 1.54) is 5.56 Å². The van der Waals surface area contributed by atoms with Gasteiger partial charge in [-0.25, -0.2) is 4.79 Å². The van der Waals surface area contributed by atoms with Crippen LogP contribution in [0.25, 0.3) is 5.57 Å². The Hall–Kier alpha value is -2.68. The number of aryl methyl sites for hydroxylation is 1. The number of carbonyl (C=O) groups excluding carboxylic acids is 1. The number of hydrogen-bond acceptors (Lipinski definition) is 2. The second-order valence-corrected chi connectivity index (χ2v) is 8.68. The van der Waals surface area contributed by atoms with Crippen molar-refractivity contribution >= 4 is 17.3 Å². The molecule has 0 unspecified atom stereocenters. The van der Waals surface area contributed by atoms with Crippen LogP contribution in [0.3, 0.4) is 0 Å². The van der Waals surface area contributed by atoms with Crippen molar-refractivity contribution in [1.29, 1.82) is 0 Å². The molecule has 0 amide bonds. The van der Waals surface area contributed by atoms with Gasteiger partial charge >= 0.3 is 5.97 Å². The highest BCUT2D eigenvalue weighted by Crippen LogP contribution is 2.45. The SMILES string of the molecule is C=C(c1ccc(C(=O)O)cc1)c1cc2c(cc1C)C(C)(C)C(=O)CC2(C)C. The number of carboxylic acids is 1. The zero-order valence-electron chi connectivity index (χ0n) is 16.6. The smallest absolute Gasteiger partial charge is 0.335 e. The van der Waals surface area contributed by atoms with Crippen molar-refractivity contribution < 1.29 is 14.7 Å². The lowest BCUT2D eigenvalue weighted by molar-refractivity contribution is -0.125. The summed E-state index contributed by atoms with van der Waals surface area (Å²) in [6.45, 7) is 14.5. The van der Waals surface area contributed by atoms with Crippen molar-refractivity contribution in [3.63, 3.8) is 0 Å². The first-order chi connectivity index (χ1) is 12.4. The number of Topliss-reactive ketones (excluding diaryl/α,β-unsaturated/α-hetero) is 1. The summed E-state index contributed by atoms with van der Waals surface area (Å²) < 4.78 is 0. The monoisotopic (exact) mass is 362 g/mol. The molecular weight excluding hydrogens is 336 g/mol. The molecule has 3 rings (SSSR count). The molecule has 0 atom stereocenters. The topological polar surface area (TPSA) is 54.4 Å². The van der Waals surface area contributed by atoms with Gasteiger partial charge in [-0.15, -0.1) is 0 Å². The van der Waals surface area contributed by atoms with Crippen molar-refractivity contribution in [3.8, 4) is 0 Å². The van der Waals surface area contributed by atoms with Gasteiger partial charge in [0.1, 0.15) is 5.78 Å². The number of benzene rings is 2. The molecule has 0 saturated carbocycles. The summed E-state index contributed by atoms with van der Waals surface area (Å²) in [5.41, 5.74) is 5.70. The van der Waals surface area contributed by atoms with E-state index in [0.717, 1.165) is 27.8 Å². The summed E-state index contributed by atoms with van der Waals surface area (Å²) in [4.78, 5) is 23.7. The maximum atomic E-state index is 12.7. The van der Waals surface area contributed by atoms with Crippen molar-refractivity contribution in [2.45, 2.75) is 51.9 Å². The van der Waals surface area contributed by atoms with Gasteiger partial charge in [0.15, 0.2) is 0 Å². The predicted octanol–water partition coefficient (Wildman–Crippen LogP) is 5.28. The highest BCUT2D eigenvalue weighted by atomic mass is 16.4. The Morgan fingerprint density at radius 2 is 1.56 bits per heavy atom. The van der Waals surface area contributed by atoms with Gasteiger partial charge in [-0.05, 0) is 71.7 Å². The van der Waals surface area contributed by atoms with Gasteiger partial charge in [0.05, 0.1) is 5.56 Å². The van der Waals surface area contributed by atoms with Crippen molar-refractivity contribution in [2.75, 3.05) is 0 Å². The molecule has 1 N–H and O–H groups in total. The number of carbonyl (C=O) groups is 2. The van der Waals surface area contributed by atoms with E-state index in [0.29, 0.717) is 6.42 Å². The molecule has 27 heavy (non-hydrogen) atoms. The minimum atomic E-state index is -0.939. The number of rotatable bonds is 3. The summed E-state index contributed by atoms with van der Waals surface area (Å²) >= 11 is 0. The van der Waals surface area contributed by atoms with Crippen molar-refractivity contribution in [3.05, 3.63) is 76.4 Å². The molecule has 0 aliphatic heterocycles. The molecule has 0 fully saturated rings. The minimum absolute atomic E-state index is 0.224. The highest BCUT2D eigenvalue weighted by molar-refractivity contribution is 5.94. The Morgan fingerprint density at radius 3 is 2.11 bits per heavy atom. The summed E-state index contributed by atoms with van der Waals surface area (Å²) in [6, 6.07) is 11.1. The van der Waals surface area contributed by atoms with Gasteiger partial charge in [0.25, 0.3) is 0 Å². The fourth-order valence-corrected chi connectivity index (χ4v) is 3.95. The molecule has 0 aromatic heterocycles. The molecule has 2 aromatic rings. The first-order valence-corrected chi connectivity index (χ1v) is 9.17. The second-order valence-electron chi connectivity index (χ2n) is 8.68. The lowest BCUT2D eigenvalue weighted by Gasteiger charge is -2.41. The molecule has 3 nitrogen and oxygen atoms in total. The van der Waals surface area contributed by atoms with Crippen LogP contribution in [0.4, 0.5) is 0 Å². The number of hydrogen-bond donors (Lipinski definition) is 1. The first kappa shape index (κ1) is 19.1. The Bertz CT molecular complexity index is 960. The molecule has 0 spiro atoms. The maximum Gasteiger partial charge on any atom is 0.335 e. The highest BCUT2D eigenvalue weighted by Gasteiger charge is 2.43. The molecule has 2 aromatic carbocycles. The third-order valence-electron chi connectivity index (χ3n) is 5.87. The van der Waals surface area contributed by atoms with Crippen molar-refractivity contribution in [2.24, 2.45) is 0 Å². The van der Waals surface area contributed by atoms with E-state index in [2.05, 4.69) is 32.6 Å². The number of carboxylic acid groups (broad SMARTS) is 1. The van der Waals surface area contributed by atoms with Gasteiger partial charge < -0.3 is 5.11 Å². The van der Waals surface area contributed by atoms with E-state index < -0.39 is 11.4 Å². The zero-order valence-corrected chi connectivity index (χ0v) is 16.6. The molecule has 3 heteroatoms. The quantitative estimate of drug-likeness (QED) is 0.808. The molecule has 0 saturated heterocycles. The summed E-state index contributed by atoms with van der Waals surface area (Å²) in [5.74, 6) is -0.666. The van der Waals surface area contributed by atoms with Gasteiger partial charge in [-0.3, -0.25) is 4.79 Å². The summed E-state index contributed by atoms with van der Waals surface area (Å²) in [6.07, 6.45) is 0.523. The average Bonchev–Trinajstić information content (AvgIpc) is 2.59.